The van der Waals surface area contributed by atoms with E-state index in [0.29, 0.717) is 6.61 Å². The Hall–Kier alpha value is -1.09. The van der Waals surface area contributed by atoms with Gasteiger partial charge in [-0.25, -0.2) is 4.39 Å². The van der Waals surface area contributed by atoms with Crippen LogP contribution >= 0.6 is 0 Å². The molecule has 1 aromatic rings. The normalized spacial score (nSPS) is 21.7. The highest BCUT2D eigenvalue weighted by atomic mass is 19.1. The summed E-state index contributed by atoms with van der Waals surface area (Å²) in [4.78, 5) is 0. The van der Waals surface area contributed by atoms with Gasteiger partial charge < -0.3 is 9.84 Å². The van der Waals surface area contributed by atoms with Crippen molar-refractivity contribution >= 4 is 0 Å². The summed E-state index contributed by atoms with van der Waals surface area (Å²) in [6.07, 6.45) is -0.226. The molecule has 1 atom stereocenters. The molecule has 58 valence electrons. The van der Waals surface area contributed by atoms with E-state index in [9.17, 15) is 9.50 Å². The van der Waals surface area contributed by atoms with E-state index in [1.165, 1.54) is 18.2 Å². The number of epoxide rings is 1. The molecule has 0 spiro atoms. The summed E-state index contributed by atoms with van der Waals surface area (Å²) in [6.45, 7) is 0.508. The molecule has 1 saturated heterocycles. The Bertz CT molecular complexity index is 261. The molecule has 0 bridgehead atoms. The van der Waals surface area contributed by atoms with Gasteiger partial charge >= 0.3 is 0 Å². The summed E-state index contributed by atoms with van der Waals surface area (Å²) in [5, 5.41) is 9.18. The maximum atomic E-state index is 12.9. The van der Waals surface area contributed by atoms with Crippen molar-refractivity contribution in [3.63, 3.8) is 0 Å². The number of ether oxygens (including phenoxy) is 1. The monoisotopic (exact) mass is 154 g/mol. The molecule has 0 saturated carbocycles. The van der Waals surface area contributed by atoms with Gasteiger partial charge in [-0.15, -0.1) is 0 Å². The van der Waals surface area contributed by atoms with Crippen molar-refractivity contribution in [1.82, 2.24) is 0 Å². The van der Waals surface area contributed by atoms with Crippen LogP contribution in [0.1, 0.15) is 11.7 Å². The lowest BCUT2D eigenvalue weighted by Gasteiger charge is -2.00. The van der Waals surface area contributed by atoms with Crippen LogP contribution in [-0.2, 0) is 4.74 Å². The third-order valence-electron chi connectivity index (χ3n) is 1.69. The molecular weight excluding hydrogens is 147 g/mol. The zero-order valence-electron chi connectivity index (χ0n) is 5.75. The molecule has 1 aromatic carbocycles. The highest BCUT2D eigenvalue weighted by Crippen LogP contribution is 2.37. The van der Waals surface area contributed by atoms with Gasteiger partial charge in [-0.2, -0.15) is 0 Å². The van der Waals surface area contributed by atoms with Crippen molar-refractivity contribution < 1.29 is 14.2 Å². The molecule has 3 heteroatoms. The lowest BCUT2D eigenvalue weighted by Crippen LogP contribution is -1.87. The summed E-state index contributed by atoms with van der Waals surface area (Å²) in [5.74, 6) is -0.417. The van der Waals surface area contributed by atoms with E-state index in [1.807, 2.05) is 0 Å². The summed E-state index contributed by atoms with van der Waals surface area (Å²) in [5.41, 5.74) is 0.285. The van der Waals surface area contributed by atoms with Crippen molar-refractivity contribution in [3.05, 3.63) is 29.6 Å². The third-order valence-corrected chi connectivity index (χ3v) is 1.69. The number of halogens is 1. The van der Waals surface area contributed by atoms with E-state index < -0.39 is 5.82 Å². The summed E-state index contributed by atoms with van der Waals surface area (Å²) >= 11 is 0. The number of rotatable bonds is 1. The van der Waals surface area contributed by atoms with Crippen molar-refractivity contribution in [2.75, 3.05) is 6.61 Å². The summed E-state index contributed by atoms with van der Waals surface area (Å²) in [6, 6.07) is 4.24. The first-order chi connectivity index (χ1) is 5.29. The highest BCUT2D eigenvalue weighted by molar-refractivity contribution is 5.36. The topological polar surface area (TPSA) is 32.8 Å². The molecule has 0 aliphatic carbocycles. The van der Waals surface area contributed by atoms with Gasteiger partial charge in [-0.05, 0) is 12.1 Å². The Morgan fingerprint density at radius 1 is 1.55 bits per heavy atom. The maximum Gasteiger partial charge on any atom is 0.132 e. The average molecular weight is 154 g/mol. The molecule has 0 aromatic heterocycles. The van der Waals surface area contributed by atoms with E-state index in [0.717, 1.165) is 0 Å². The van der Waals surface area contributed by atoms with Crippen LogP contribution in [-0.4, -0.2) is 11.7 Å². The van der Waals surface area contributed by atoms with Crippen molar-refractivity contribution in [2.24, 2.45) is 0 Å². The van der Waals surface area contributed by atoms with E-state index >= 15 is 0 Å². The van der Waals surface area contributed by atoms with Gasteiger partial charge in [-0.1, -0.05) is 6.07 Å². The van der Waals surface area contributed by atoms with Gasteiger partial charge in [0.15, 0.2) is 0 Å². The zero-order chi connectivity index (χ0) is 7.84. The van der Waals surface area contributed by atoms with Crippen molar-refractivity contribution in [1.29, 1.82) is 0 Å². The maximum absolute atomic E-state index is 12.9. The molecule has 0 radical (unpaired) electrons. The molecule has 1 aliphatic heterocycles. The van der Waals surface area contributed by atoms with Crippen LogP contribution in [0, 0.1) is 5.82 Å². The SMILES string of the molecule is Oc1cccc(F)c1C1CO1. The molecule has 1 fully saturated rings. The number of hydrogen-bond acceptors (Lipinski definition) is 2. The molecule has 1 aliphatic rings. The number of aromatic hydroxyl groups is 1. The lowest BCUT2D eigenvalue weighted by molar-refractivity contribution is 0.390. The minimum absolute atomic E-state index is 0.0208. The first-order valence-corrected chi connectivity index (χ1v) is 3.38. The van der Waals surface area contributed by atoms with Gasteiger partial charge in [0.05, 0.1) is 12.2 Å². The predicted octanol–water partition coefficient (Wildman–Crippen LogP) is 1.60. The molecule has 1 N–H and O–H groups in total. The second-order valence-electron chi connectivity index (χ2n) is 2.49. The molecule has 0 amide bonds. The average Bonchev–Trinajstić information content (AvgIpc) is 2.70. The van der Waals surface area contributed by atoms with Gasteiger partial charge in [0.25, 0.3) is 0 Å². The Kier molecular flexibility index (Phi) is 1.32. The Labute approximate surface area is 63.2 Å². The van der Waals surface area contributed by atoms with Gasteiger partial charge in [0, 0.05) is 0 Å². The second kappa shape index (κ2) is 2.20. The fraction of sp³-hybridized carbons (Fsp3) is 0.250. The first-order valence-electron chi connectivity index (χ1n) is 3.38. The van der Waals surface area contributed by atoms with Crippen LogP contribution < -0.4 is 0 Å². The molecule has 2 rings (SSSR count). The number of phenols is 1. The van der Waals surface area contributed by atoms with Crippen molar-refractivity contribution in [3.8, 4) is 5.75 Å². The highest BCUT2D eigenvalue weighted by Gasteiger charge is 2.30. The van der Waals surface area contributed by atoms with Crippen LogP contribution in [0.15, 0.2) is 18.2 Å². The standard InChI is InChI=1S/C8H7FO2/c9-5-2-1-3-6(10)8(5)7-4-11-7/h1-3,7,10H,4H2. The van der Waals surface area contributed by atoms with Crippen LogP contribution in [0.5, 0.6) is 5.75 Å². The minimum atomic E-state index is -0.396. The molecule has 1 heterocycles. The number of benzene rings is 1. The molecule has 11 heavy (non-hydrogen) atoms. The van der Waals surface area contributed by atoms with Crippen LogP contribution in [0.3, 0.4) is 0 Å². The predicted molar refractivity (Wildman–Crippen MR) is 36.8 cm³/mol. The van der Waals surface area contributed by atoms with E-state index in [1.54, 1.807) is 0 Å². The Morgan fingerprint density at radius 3 is 2.82 bits per heavy atom. The van der Waals surface area contributed by atoms with Crippen LogP contribution in [0.4, 0.5) is 4.39 Å². The molecular formula is C8H7FO2. The van der Waals surface area contributed by atoms with Gasteiger partial charge in [0.2, 0.25) is 0 Å². The van der Waals surface area contributed by atoms with Gasteiger partial charge in [0.1, 0.15) is 17.7 Å². The molecule has 2 nitrogen and oxygen atoms in total. The summed E-state index contributed by atoms with van der Waals surface area (Å²) in [7, 11) is 0. The van der Waals surface area contributed by atoms with Crippen molar-refractivity contribution in [2.45, 2.75) is 6.10 Å². The first kappa shape index (κ1) is 6.61. The van der Waals surface area contributed by atoms with Crippen LogP contribution in [0.25, 0.3) is 0 Å². The lowest BCUT2D eigenvalue weighted by atomic mass is 10.1. The van der Waals surface area contributed by atoms with Gasteiger partial charge in [-0.3, -0.25) is 0 Å². The zero-order valence-corrected chi connectivity index (χ0v) is 5.75. The fourth-order valence-electron chi connectivity index (χ4n) is 1.06. The number of phenolic OH excluding ortho intramolecular Hbond substituents is 1. The second-order valence-corrected chi connectivity index (χ2v) is 2.49. The fourth-order valence-corrected chi connectivity index (χ4v) is 1.06. The summed E-state index contributed by atoms with van der Waals surface area (Å²) < 4.78 is 17.8. The van der Waals surface area contributed by atoms with E-state index in [4.69, 9.17) is 4.74 Å². The van der Waals surface area contributed by atoms with Crippen LogP contribution in [0.2, 0.25) is 0 Å². The quantitative estimate of drug-likeness (QED) is 0.623. The minimum Gasteiger partial charge on any atom is -0.507 e. The largest absolute Gasteiger partial charge is 0.507 e. The molecule has 1 unspecified atom stereocenters. The van der Waals surface area contributed by atoms with E-state index in [2.05, 4.69) is 0 Å². The Morgan fingerprint density at radius 2 is 2.27 bits per heavy atom. The smallest absolute Gasteiger partial charge is 0.132 e. The number of hydrogen-bond donors (Lipinski definition) is 1. The Balaban J connectivity index is 2.48. The van der Waals surface area contributed by atoms with E-state index in [-0.39, 0.29) is 17.4 Å². The third kappa shape index (κ3) is 1.07.